The standard InChI is InChI=1S/C20H27NO3/c1-5-19(4)14-20(11-12-24-19,16-9-7-15(3)8-10-16)17(13-21)18(22)23-6-2/h7-10,17H,5-6,11-12,14H2,1-4H3. The van der Waals surface area contributed by atoms with Crippen LogP contribution in [0.5, 0.6) is 0 Å². The van der Waals surface area contributed by atoms with E-state index in [-0.39, 0.29) is 12.2 Å². The molecule has 1 saturated heterocycles. The third-order valence-corrected chi connectivity index (χ3v) is 5.27. The fourth-order valence-electron chi connectivity index (χ4n) is 3.69. The minimum absolute atomic E-state index is 0.280. The van der Waals surface area contributed by atoms with Crippen molar-refractivity contribution >= 4 is 5.97 Å². The first-order valence-electron chi connectivity index (χ1n) is 8.68. The topological polar surface area (TPSA) is 59.3 Å². The molecule has 0 aromatic heterocycles. The lowest BCUT2D eigenvalue weighted by Crippen LogP contribution is -2.51. The van der Waals surface area contributed by atoms with Gasteiger partial charge in [-0.1, -0.05) is 36.8 Å². The Balaban J connectivity index is 2.54. The zero-order chi connectivity index (χ0) is 17.8. The van der Waals surface area contributed by atoms with Gasteiger partial charge in [-0.3, -0.25) is 4.79 Å². The van der Waals surface area contributed by atoms with E-state index in [4.69, 9.17) is 9.47 Å². The van der Waals surface area contributed by atoms with E-state index in [1.165, 1.54) is 0 Å². The highest BCUT2D eigenvalue weighted by Gasteiger charge is 2.51. The van der Waals surface area contributed by atoms with E-state index in [9.17, 15) is 10.1 Å². The summed E-state index contributed by atoms with van der Waals surface area (Å²) >= 11 is 0. The Kier molecular flexibility index (Phi) is 5.66. The van der Waals surface area contributed by atoms with E-state index < -0.39 is 17.3 Å². The zero-order valence-electron chi connectivity index (χ0n) is 15.1. The minimum atomic E-state index is -0.824. The second kappa shape index (κ2) is 7.36. The van der Waals surface area contributed by atoms with Crippen molar-refractivity contribution in [1.29, 1.82) is 5.26 Å². The summed E-state index contributed by atoms with van der Waals surface area (Å²) < 4.78 is 11.2. The van der Waals surface area contributed by atoms with Gasteiger partial charge in [0.1, 0.15) is 0 Å². The van der Waals surface area contributed by atoms with Gasteiger partial charge in [0, 0.05) is 12.0 Å². The van der Waals surface area contributed by atoms with Crippen LogP contribution < -0.4 is 0 Å². The summed E-state index contributed by atoms with van der Waals surface area (Å²) in [5.41, 5.74) is 1.27. The highest BCUT2D eigenvalue weighted by atomic mass is 16.5. The molecular formula is C20H27NO3. The number of nitrogens with zero attached hydrogens (tertiary/aromatic N) is 1. The molecule has 1 aromatic carbocycles. The van der Waals surface area contributed by atoms with Gasteiger partial charge in [-0.25, -0.2) is 0 Å². The lowest BCUT2D eigenvalue weighted by molar-refractivity contribution is -0.154. The van der Waals surface area contributed by atoms with Crippen LogP contribution in [0.4, 0.5) is 0 Å². The quantitative estimate of drug-likeness (QED) is 0.768. The highest BCUT2D eigenvalue weighted by Crippen LogP contribution is 2.48. The van der Waals surface area contributed by atoms with Crippen molar-refractivity contribution in [2.75, 3.05) is 13.2 Å². The van der Waals surface area contributed by atoms with Crippen molar-refractivity contribution < 1.29 is 14.3 Å². The first-order chi connectivity index (χ1) is 11.4. The SMILES string of the molecule is CCOC(=O)C(C#N)C1(c2ccc(C)cc2)CCOC(C)(CC)C1. The Morgan fingerprint density at radius 1 is 1.38 bits per heavy atom. The molecule has 1 aliphatic heterocycles. The molecule has 0 amide bonds. The molecule has 130 valence electrons. The summed E-state index contributed by atoms with van der Waals surface area (Å²) in [7, 11) is 0. The molecule has 0 spiro atoms. The molecule has 0 aliphatic carbocycles. The smallest absolute Gasteiger partial charge is 0.324 e. The van der Waals surface area contributed by atoms with Gasteiger partial charge in [-0.15, -0.1) is 0 Å². The van der Waals surface area contributed by atoms with Crippen LogP contribution in [0.2, 0.25) is 0 Å². The first kappa shape index (κ1) is 18.5. The van der Waals surface area contributed by atoms with Crippen molar-refractivity contribution in [1.82, 2.24) is 0 Å². The average Bonchev–Trinajstić information content (AvgIpc) is 2.56. The van der Waals surface area contributed by atoms with E-state index in [0.717, 1.165) is 17.5 Å². The van der Waals surface area contributed by atoms with Crippen LogP contribution in [0, 0.1) is 24.2 Å². The number of carbonyl (C=O) groups is 1. The van der Waals surface area contributed by atoms with E-state index >= 15 is 0 Å². The lowest BCUT2D eigenvalue weighted by Gasteiger charge is -2.48. The molecule has 0 bridgehead atoms. The summed E-state index contributed by atoms with van der Waals surface area (Å²) in [6.07, 6.45) is 2.11. The predicted octanol–water partition coefficient (Wildman–Crippen LogP) is 3.91. The molecule has 0 saturated carbocycles. The summed E-state index contributed by atoms with van der Waals surface area (Å²) in [4.78, 5) is 12.5. The predicted molar refractivity (Wildman–Crippen MR) is 92.5 cm³/mol. The Morgan fingerprint density at radius 2 is 2.04 bits per heavy atom. The number of hydrogen-bond donors (Lipinski definition) is 0. The maximum Gasteiger partial charge on any atom is 0.324 e. The fraction of sp³-hybridized carbons (Fsp3) is 0.600. The first-order valence-corrected chi connectivity index (χ1v) is 8.68. The van der Waals surface area contributed by atoms with E-state index in [1.54, 1.807) is 6.92 Å². The number of carbonyl (C=O) groups excluding carboxylic acids is 1. The molecule has 3 unspecified atom stereocenters. The number of rotatable bonds is 5. The number of nitriles is 1. The molecule has 2 rings (SSSR count). The molecular weight excluding hydrogens is 302 g/mol. The lowest BCUT2D eigenvalue weighted by atomic mass is 9.61. The molecule has 24 heavy (non-hydrogen) atoms. The van der Waals surface area contributed by atoms with E-state index in [1.807, 2.05) is 31.2 Å². The van der Waals surface area contributed by atoms with Crippen molar-refractivity contribution in [3.8, 4) is 6.07 Å². The summed E-state index contributed by atoms with van der Waals surface area (Å²) in [6, 6.07) is 10.4. The van der Waals surface area contributed by atoms with Crippen LogP contribution >= 0.6 is 0 Å². The van der Waals surface area contributed by atoms with Crippen LogP contribution in [0.25, 0.3) is 0 Å². The number of ether oxygens (including phenoxy) is 2. The monoisotopic (exact) mass is 329 g/mol. The Labute approximate surface area is 144 Å². The number of aryl methyl sites for hydroxylation is 1. The van der Waals surface area contributed by atoms with Gasteiger partial charge in [0.05, 0.1) is 18.3 Å². The van der Waals surface area contributed by atoms with Crippen molar-refractivity contribution in [3.05, 3.63) is 35.4 Å². The molecule has 1 fully saturated rings. The maximum atomic E-state index is 12.5. The molecule has 0 radical (unpaired) electrons. The third kappa shape index (κ3) is 3.47. The Hall–Kier alpha value is -1.86. The Bertz CT molecular complexity index is 619. The zero-order valence-corrected chi connectivity index (χ0v) is 15.1. The molecule has 4 nitrogen and oxygen atoms in total. The van der Waals surface area contributed by atoms with Crippen molar-refractivity contribution in [2.24, 2.45) is 5.92 Å². The van der Waals surface area contributed by atoms with Gasteiger partial charge in [0.25, 0.3) is 0 Å². The van der Waals surface area contributed by atoms with Gasteiger partial charge in [0.15, 0.2) is 5.92 Å². The number of benzene rings is 1. The van der Waals surface area contributed by atoms with Gasteiger partial charge in [-0.05, 0) is 45.6 Å². The minimum Gasteiger partial charge on any atom is -0.465 e. The summed E-state index contributed by atoms with van der Waals surface area (Å²) in [5, 5.41) is 9.81. The van der Waals surface area contributed by atoms with Crippen LogP contribution in [-0.2, 0) is 19.7 Å². The number of hydrogen-bond acceptors (Lipinski definition) is 4. The van der Waals surface area contributed by atoms with E-state index in [0.29, 0.717) is 19.4 Å². The molecule has 1 aliphatic rings. The van der Waals surface area contributed by atoms with Gasteiger partial charge < -0.3 is 9.47 Å². The molecule has 1 heterocycles. The van der Waals surface area contributed by atoms with Gasteiger partial charge in [-0.2, -0.15) is 5.26 Å². The van der Waals surface area contributed by atoms with Crippen LogP contribution in [0.3, 0.4) is 0 Å². The molecule has 1 aromatic rings. The van der Waals surface area contributed by atoms with Gasteiger partial charge >= 0.3 is 5.97 Å². The number of esters is 1. The fourth-order valence-corrected chi connectivity index (χ4v) is 3.69. The average molecular weight is 329 g/mol. The maximum absolute atomic E-state index is 12.5. The Morgan fingerprint density at radius 3 is 2.58 bits per heavy atom. The summed E-state index contributed by atoms with van der Waals surface area (Å²) in [5.74, 6) is -1.25. The highest BCUT2D eigenvalue weighted by molar-refractivity contribution is 5.77. The van der Waals surface area contributed by atoms with Gasteiger partial charge in [0.2, 0.25) is 0 Å². The largest absolute Gasteiger partial charge is 0.465 e. The third-order valence-electron chi connectivity index (χ3n) is 5.27. The summed E-state index contributed by atoms with van der Waals surface area (Å²) in [6.45, 7) is 8.76. The second-order valence-electron chi connectivity index (χ2n) is 6.92. The second-order valence-corrected chi connectivity index (χ2v) is 6.92. The normalized spacial score (nSPS) is 28.0. The van der Waals surface area contributed by atoms with Crippen LogP contribution in [-0.4, -0.2) is 24.8 Å². The molecule has 0 N–H and O–H groups in total. The van der Waals surface area contributed by atoms with Crippen LogP contribution in [0.15, 0.2) is 24.3 Å². The van der Waals surface area contributed by atoms with Crippen LogP contribution in [0.1, 0.15) is 51.2 Å². The van der Waals surface area contributed by atoms with Crippen molar-refractivity contribution in [3.63, 3.8) is 0 Å². The molecule has 3 atom stereocenters. The molecule has 4 heteroatoms. The van der Waals surface area contributed by atoms with E-state index in [2.05, 4.69) is 19.9 Å². The van der Waals surface area contributed by atoms with Crippen molar-refractivity contribution in [2.45, 2.75) is 58.0 Å².